The summed E-state index contributed by atoms with van der Waals surface area (Å²) >= 11 is 0. The van der Waals surface area contributed by atoms with Crippen LogP contribution in [-0.2, 0) is 17.9 Å². The number of benzene rings is 1. The lowest BCUT2D eigenvalue weighted by atomic mass is 10.2. The van der Waals surface area contributed by atoms with Gasteiger partial charge in [-0.3, -0.25) is 19.5 Å². The number of nitrogens with zero attached hydrogens (tertiary/aromatic N) is 6. The van der Waals surface area contributed by atoms with Crippen LogP contribution in [0.3, 0.4) is 0 Å². The van der Waals surface area contributed by atoms with Gasteiger partial charge < -0.3 is 4.90 Å². The molecule has 8 heteroatoms. The van der Waals surface area contributed by atoms with Crippen molar-refractivity contribution in [1.29, 1.82) is 0 Å². The average Bonchev–Trinajstić information content (AvgIpc) is 2.74. The van der Waals surface area contributed by atoms with Gasteiger partial charge in [-0.1, -0.05) is 17.3 Å². The van der Waals surface area contributed by atoms with Crippen molar-refractivity contribution in [2.75, 3.05) is 26.2 Å². The Morgan fingerprint density at radius 3 is 2.54 bits per heavy atom. The highest BCUT2D eigenvalue weighted by Crippen LogP contribution is 2.09. The van der Waals surface area contributed by atoms with Gasteiger partial charge in [0, 0.05) is 51.5 Å². The number of piperazine rings is 1. The molecule has 1 aromatic carbocycles. The first kappa shape index (κ1) is 18.2. The summed E-state index contributed by atoms with van der Waals surface area (Å²) < 4.78 is 1.28. The van der Waals surface area contributed by atoms with E-state index in [9.17, 15) is 9.59 Å². The molecule has 3 heterocycles. The monoisotopic (exact) mass is 378 g/mol. The molecule has 0 N–H and O–H groups in total. The number of carbonyl (C=O) groups is 1. The van der Waals surface area contributed by atoms with Crippen molar-refractivity contribution in [1.82, 2.24) is 29.8 Å². The van der Waals surface area contributed by atoms with Gasteiger partial charge in [0.25, 0.3) is 5.56 Å². The van der Waals surface area contributed by atoms with Crippen molar-refractivity contribution >= 4 is 16.8 Å². The number of amides is 1. The highest BCUT2D eigenvalue weighted by atomic mass is 16.2. The van der Waals surface area contributed by atoms with Gasteiger partial charge in [-0.25, -0.2) is 4.68 Å². The maximum absolute atomic E-state index is 12.5. The van der Waals surface area contributed by atoms with E-state index in [2.05, 4.69) is 20.2 Å². The Morgan fingerprint density at radius 2 is 1.75 bits per heavy atom. The molecule has 144 valence electrons. The van der Waals surface area contributed by atoms with Crippen LogP contribution in [0.2, 0.25) is 0 Å². The Balaban J connectivity index is 1.30. The second-order valence-electron chi connectivity index (χ2n) is 6.90. The molecule has 1 aliphatic heterocycles. The first-order valence-electron chi connectivity index (χ1n) is 9.42. The van der Waals surface area contributed by atoms with E-state index in [0.717, 1.165) is 19.6 Å². The Labute approximate surface area is 162 Å². The summed E-state index contributed by atoms with van der Waals surface area (Å²) in [6.07, 6.45) is 3.84. The molecule has 1 saturated heterocycles. The van der Waals surface area contributed by atoms with Gasteiger partial charge in [0.15, 0.2) is 0 Å². The van der Waals surface area contributed by atoms with Crippen LogP contribution in [0.15, 0.2) is 53.6 Å². The molecule has 0 bridgehead atoms. The fourth-order valence-electron chi connectivity index (χ4n) is 3.43. The first-order valence-corrected chi connectivity index (χ1v) is 9.42. The van der Waals surface area contributed by atoms with E-state index < -0.39 is 0 Å². The molecule has 1 amide bonds. The van der Waals surface area contributed by atoms with Gasteiger partial charge in [0.1, 0.15) is 5.52 Å². The van der Waals surface area contributed by atoms with E-state index in [4.69, 9.17) is 0 Å². The number of aryl methyl sites for hydroxylation is 1. The predicted molar refractivity (Wildman–Crippen MR) is 105 cm³/mol. The SMILES string of the molecule is O=C(CCn1nnc2ccccc2c1=O)N1CCN(Cc2ccncc2)CC1. The van der Waals surface area contributed by atoms with Gasteiger partial charge in [-0.05, 0) is 29.8 Å². The number of pyridine rings is 1. The van der Waals surface area contributed by atoms with E-state index in [1.165, 1.54) is 10.2 Å². The van der Waals surface area contributed by atoms with Crippen molar-refractivity contribution in [3.63, 3.8) is 0 Å². The van der Waals surface area contributed by atoms with E-state index in [1.54, 1.807) is 30.6 Å². The van der Waals surface area contributed by atoms with Crippen LogP contribution in [0.25, 0.3) is 10.9 Å². The molecule has 0 spiro atoms. The van der Waals surface area contributed by atoms with Crippen molar-refractivity contribution < 1.29 is 4.79 Å². The average molecular weight is 378 g/mol. The van der Waals surface area contributed by atoms with Gasteiger partial charge in [0.05, 0.1) is 11.9 Å². The highest BCUT2D eigenvalue weighted by Gasteiger charge is 2.21. The number of fused-ring (bicyclic) bond motifs is 1. The third kappa shape index (κ3) is 4.07. The summed E-state index contributed by atoms with van der Waals surface area (Å²) in [4.78, 5) is 33.2. The molecular formula is C20H22N6O2. The summed E-state index contributed by atoms with van der Waals surface area (Å²) in [5, 5.41) is 8.53. The molecule has 3 aromatic rings. The predicted octanol–water partition coefficient (Wildman–Crippen LogP) is 0.921. The van der Waals surface area contributed by atoms with Crippen LogP contribution in [0.4, 0.5) is 0 Å². The maximum atomic E-state index is 12.5. The Bertz CT molecular complexity index is 1010. The quantitative estimate of drug-likeness (QED) is 0.657. The van der Waals surface area contributed by atoms with E-state index in [-0.39, 0.29) is 24.4 Å². The zero-order valence-electron chi connectivity index (χ0n) is 15.6. The number of aromatic nitrogens is 4. The van der Waals surface area contributed by atoms with Gasteiger partial charge in [-0.2, -0.15) is 0 Å². The number of hydrogen-bond acceptors (Lipinski definition) is 6. The van der Waals surface area contributed by atoms with Crippen LogP contribution in [0, 0.1) is 0 Å². The number of rotatable bonds is 5. The molecule has 4 rings (SSSR count). The van der Waals surface area contributed by atoms with Crippen molar-refractivity contribution in [2.45, 2.75) is 19.5 Å². The van der Waals surface area contributed by atoms with Crippen LogP contribution in [0.5, 0.6) is 0 Å². The van der Waals surface area contributed by atoms with Crippen molar-refractivity contribution in [3.8, 4) is 0 Å². The summed E-state index contributed by atoms with van der Waals surface area (Å²) in [5.74, 6) is 0.0467. The summed E-state index contributed by atoms with van der Waals surface area (Å²) in [7, 11) is 0. The van der Waals surface area contributed by atoms with Crippen LogP contribution >= 0.6 is 0 Å². The fraction of sp³-hybridized carbons (Fsp3) is 0.350. The largest absolute Gasteiger partial charge is 0.340 e. The molecule has 28 heavy (non-hydrogen) atoms. The minimum atomic E-state index is -0.208. The topological polar surface area (TPSA) is 84.2 Å². The minimum Gasteiger partial charge on any atom is -0.340 e. The van der Waals surface area contributed by atoms with E-state index >= 15 is 0 Å². The van der Waals surface area contributed by atoms with E-state index in [0.29, 0.717) is 24.0 Å². The molecule has 8 nitrogen and oxygen atoms in total. The zero-order valence-corrected chi connectivity index (χ0v) is 15.6. The second-order valence-corrected chi connectivity index (χ2v) is 6.90. The molecule has 0 atom stereocenters. The minimum absolute atomic E-state index is 0.0467. The molecule has 0 unspecified atom stereocenters. The van der Waals surface area contributed by atoms with Crippen molar-refractivity contribution in [3.05, 3.63) is 64.7 Å². The normalized spacial score (nSPS) is 15.1. The van der Waals surface area contributed by atoms with Crippen LogP contribution in [-0.4, -0.2) is 61.9 Å². The van der Waals surface area contributed by atoms with Crippen LogP contribution < -0.4 is 5.56 Å². The van der Waals surface area contributed by atoms with Gasteiger partial charge >= 0.3 is 0 Å². The first-order chi connectivity index (χ1) is 13.7. The summed E-state index contributed by atoms with van der Waals surface area (Å²) in [6, 6.07) is 11.1. The van der Waals surface area contributed by atoms with Gasteiger partial charge in [0.2, 0.25) is 5.91 Å². The third-order valence-corrected chi connectivity index (χ3v) is 5.05. The number of carbonyl (C=O) groups excluding carboxylic acids is 1. The Kier molecular flexibility index (Phi) is 5.38. The van der Waals surface area contributed by atoms with Crippen molar-refractivity contribution in [2.24, 2.45) is 0 Å². The molecule has 0 saturated carbocycles. The van der Waals surface area contributed by atoms with E-state index in [1.807, 2.05) is 23.1 Å². The lowest BCUT2D eigenvalue weighted by Crippen LogP contribution is -2.48. The second kappa shape index (κ2) is 8.26. The zero-order chi connectivity index (χ0) is 19.3. The number of hydrogen-bond donors (Lipinski definition) is 0. The molecule has 1 aliphatic rings. The Morgan fingerprint density at radius 1 is 1.00 bits per heavy atom. The molecule has 0 aliphatic carbocycles. The van der Waals surface area contributed by atoms with Gasteiger partial charge in [-0.15, -0.1) is 5.10 Å². The molecule has 2 aromatic heterocycles. The smallest absolute Gasteiger partial charge is 0.277 e. The maximum Gasteiger partial charge on any atom is 0.277 e. The summed E-state index contributed by atoms with van der Waals surface area (Å²) in [6.45, 7) is 4.18. The molecule has 1 fully saturated rings. The molecule has 0 radical (unpaired) electrons. The standard InChI is InChI=1S/C20H22N6O2/c27-19(7-10-26-20(28)17-3-1-2-4-18(17)22-23-26)25-13-11-24(12-14-25)15-16-5-8-21-9-6-16/h1-6,8-9H,7,10-15H2. The fourth-order valence-corrected chi connectivity index (χ4v) is 3.43. The van der Waals surface area contributed by atoms with Crippen LogP contribution in [0.1, 0.15) is 12.0 Å². The third-order valence-electron chi connectivity index (χ3n) is 5.05. The lowest BCUT2D eigenvalue weighted by molar-refractivity contribution is -0.133. The highest BCUT2D eigenvalue weighted by molar-refractivity contribution is 5.77. The molecular weight excluding hydrogens is 356 g/mol. The Hall–Kier alpha value is -3.13. The summed E-state index contributed by atoms with van der Waals surface area (Å²) in [5.41, 5.74) is 1.59. The lowest BCUT2D eigenvalue weighted by Gasteiger charge is -2.34.